The van der Waals surface area contributed by atoms with Crippen molar-refractivity contribution in [3.8, 4) is 0 Å². The molecule has 0 aromatic heterocycles. The van der Waals surface area contributed by atoms with Gasteiger partial charge < -0.3 is 50.7 Å². The molecule has 0 aromatic rings. The third-order valence-electron chi connectivity index (χ3n) is 11.5. The molecule has 0 unspecified atom stereocenters. The van der Waals surface area contributed by atoms with Crippen molar-refractivity contribution in [1.82, 2.24) is 10.6 Å². The second-order valence-electron chi connectivity index (χ2n) is 16.7. The summed E-state index contributed by atoms with van der Waals surface area (Å²) >= 11 is 0. The quantitative estimate of drug-likeness (QED) is 0.0303. The molecule has 1 aliphatic rings. The van der Waals surface area contributed by atoms with Crippen LogP contribution in [0.15, 0.2) is 0 Å². The van der Waals surface area contributed by atoms with Crippen molar-refractivity contribution in [3.05, 3.63) is 0 Å². The Balaban J connectivity index is 2.36. The van der Waals surface area contributed by atoms with Crippen LogP contribution in [0.1, 0.15) is 206 Å². The van der Waals surface area contributed by atoms with Gasteiger partial charge in [-0.05, 0) is 25.7 Å². The van der Waals surface area contributed by atoms with E-state index in [0.29, 0.717) is 19.3 Å². The SMILES string of the molecule is CCCCCCCCCCCCCC[C@@H](O)[C@@H](O)[C@H](CO[C@H]1O[C@H](CO)[C@H](O)[C@H](O)[C@H]1O)NC(=O)CCCCCCCCCCCNC(=O)CCCCCCCC. The summed E-state index contributed by atoms with van der Waals surface area (Å²) in [6.45, 7) is 4.27. The average molecular weight is 817 g/mol. The minimum absolute atomic E-state index is 0.176. The minimum Gasteiger partial charge on any atom is -0.394 e. The largest absolute Gasteiger partial charge is 0.394 e. The zero-order chi connectivity index (χ0) is 41.9. The van der Waals surface area contributed by atoms with E-state index >= 15 is 0 Å². The second-order valence-corrected chi connectivity index (χ2v) is 16.7. The Hall–Kier alpha value is -1.38. The molecule has 0 aliphatic carbocycles. The number of hydrogen-bond acceptors (Lipinski definition) is 10. The summed E-state index contributed by atoms with van der Waals surface area (Å²) in [5, 5.41) is 68.1. The predicted octanol–water partition coefficient (Wildman–Crippen LogP) is 6.87. The number of aliphatic hydroxyl groups is 6. The molecule has 1 aliphatic heterocycles. The number of aliphatic hydroxyl groups excluding tert-OH is 6. The summed E-state index contributed by atoms with van der Waals surface area (Å²) in [6.07, 6.45) is 22.1. The lowest BCUT2D eigenvalue weighted by Crippen LogP contribution is -2.60. The molecule has 1 rings (SSSR count). The molecular formula is C45H88N2O10. The van der Waals surface area contributed by atoms with Crippen LogP contribution in [0.25, 0.3) is 0 Å². The Morgan fingerprint density at radius 2 is 1.02 bits per heavy atom. The first-order valence-corrected chi connectivity index (χ1v) is 23.5. The summed E-state index contributed by atoms with van der Waals surface area (Å²) in [4.78, 5) is 25.0. The number of hydrogen-bond donors (Lipinski definition) is 8. The maximum Gasteiger partial charge on any atom is 0.220 e. The normalized spacial score (nSPS) is 21.3. The van der Waals surface area contributed by atoms with E-state index in [1.54, 1.807) is 0 Å². The van der Waals surface area contributed by atoms with Crippen LogP contribution in [0.4, 0.5) is 0 Å². The topological polar surface area (TPSA) is 198 Å². The van der Waals surface area contributed by atoms with Crippen molar-refractivity contribution >= 4 is 11.8 Å². The van der Waals surface area contributed by atoms with Crippen molar-refractivity contribution in [2.24, 2.45) is 0 Å². The fourth-order valence-corrected chi connectivity index (χ4v) is 7.57. The number of nitrogens with one attached hydrogen (secondary N) is 2. The van der Waals surface area contributed by atoms with Crippen molar-refractivity contribution in [3.63, 3.8) is 0 Å². The predicted molar refractivity (Wildman–Crippen MR) is 227 cm³/mol. The highest BCUT2D eigenvalue weighted by molar-refractivity contribution is 5.76. The Morgan fingerprint density at radius 3 is 1.51 bits per heavy atom. The monoisotopic (exact) mass is 817 g/mol. The molecule has 1 fully saturated rings. The number of carbonyl (C=O) groups is 2. The van der Waals surface area contributed by atoms with Crippen molar-refractivity contribution in [1.29, 1.82) is 0 Å². The van der Waals surface area contributed by atoms with Gasteiger partial charge in [0.15, 0.2) is 6.29 Å². The van der Waals surface area contributed by atoms with E-state index in [2.05, 4.69) is 24.5 Å². The van der Waals surface area contributed by atoms with E-state index in [9.17, 15) is 40.2 Å². The summed E-state index contributed by atoms with van der Waals surface area (Å²) in [6, 6.07) is -1.01. The molecule has 8 N–H and O–H groups in total. The zero-order valence-electron chi connectivity index (χ0n) is 36.3. The number of carbonyl (C=O) groups excluding carboxylic acids is 2. The minimum atomic E-state index is -1.62. The highest BCUT2D eigenvalue weighted by Crippen LogP contribution is 2.23. The van der Waals surface area contributed by atoms with Crippen molar-refractivity contribution in [2.45, 2.75) is 255 Å². The van der Waals surface area contributed by atoms with Gasteiger partial charge in [0, 0.05) is 19.4 Å². The maximum atomic E-state index is 13.0. The lowest BCUT2D eigenvalue weighted by atomic mass is 9.98. The first kappa shape index (κ1) is 53.6. The van der Waals surface area contributed by atoms with Gasteiger partial charge in [-0.15, -0.1) is 0 Å². The fraction of sp³-hybridized carbons (Fsp3) is 0.956. The van der Waals surface area contributed by atoms with Crippen LogP contribution < -0.4 is 10.6 Å². The zero-order valence-corrected chi connectivity index (χ0v) is 36.3. The highest BCUT2D eigenvalue weighted by Gasteiger charge is 2.44. The maximum absolute atomic E-state index is 13.0. The highest BCUT2D eigenvalue weighted by atomic mass is 16.7. The van der Waals surface area contributed by atoms with E-state index in [-0.39, 0.29) is 24.8 Å². The van der Waals surface area contributed by atoms with Crippen LogP contribution in [0.5, 0.6) is 0 Å². The number of unbranched alkanes of at least 4 members (excludes halogenated alkanes) is 24. The Kier molecular flexibility index (Phi) is 34.3. The first-order valence-electron chi connectivity index (χ1n) is 23.5. The van der Waals surface area contributed by atoms with Gasteiger partial charge in [-0.2, -0.15) is 0 Å². The van der Waals surface area contributed by atoms with Gasteiger partial charge in [0.25, 0.3) is 0 Å². The standard InChI is InChI=1S/C45H88N2O10/c1-3-5-7-9-11-12-13-14-16-19-22-26-30-37(49)41(52)36(35-56-45-44(55)43(54)42(53)38(34-48)57-45)47-40(51)32-28-24-20-17-15-18-21-25-29-33-46-39(50)31-27-23-10-8-6-4-2/h36-38,41-45,48-49,52-55H,3-35H2,1-2H3,(H,46,50)(H,47,51)/t36-,37+,38+,41-,42-,43-,44+,45-/m0/s1. The Bertz CT molecular complexity index is 944. The Morgan fingerprint density at radius 1 is 0.579 bits per heavy atom. The number of amides is 2. The molecular weight excluding hydrogens is 728 g/mol. The van der Waals surface area contributed by atoms with Crippen LogP contribution in [0.3, 0.4) is 0 Å². The van der Waals surface area contributed by atoms with Gasteiger partial charge in [-0.1, -0.05) is 168 Å². The van der Waals surface area contributed by atoms with E-state index in [0.717, 1.165) is 96.4 Å². The van der Waals surface area contributed by atoms with Crippen LogP contribution in [-0.2, 0) is 19.1 Å². The molecule has 12 nitrogen and oxygen atoms in total. The van der Waals surface area contributed by atoms with Gasteiger partial charge in [-0.25, -0.2) is 0 Å². The molecule has 1 saturated heterocycles. The molecule has 0 bridgehead atoms. The van der Waals surface area contributed by atoms with E-state index in [1.165, 1.54) is 77.0 Å². The number of ether oxygens (including phenoxy) is 2. The van der Waals surface area contributed by atoms with E-state index in [1.807, 2.05) is 0 Å². The molecule has 338 valence electrons. The molecule has 1 heterocycles. The van der Waals surface area contributed by atoms with Crippen LogP contribution in [0, 0.1) is 0 Å². The first-order chi connectivity index (χ1) is 27.7. The molecule has 0 radical (unpaired) electrons. The molecule has 2 amide bonds. The second kappa shape index (κ2) is 36.5. The Labute approximate surface area is 346 Å². The van der Waals surface area contributed by atoms with Gasteiger partial charge in [0.05, 0.1) is 25.4 Å². The summed E-state index contributed by atoms with van der Waals surface area (Å²) < 4.78 is 11.1. The summed E-state index contributed by atoms with van der Waals surface area (Å²) in [5.74, 6) is -0.108. The van der Waals surface area contributed by atoms with Crippen molar-refractivity contribution < 1.29 is 49.7 Å². The lowest BCUT2D eigenvalue weighted by Gasteiger charge is -2.40. The van der Waals surface area contributed by atoms with E-state index < -0.39 is 55.6 Å². The molecule has 0 spiro atoms. The molecule has 0 saturated carbocycles. The number of rotatable bonds is 39. The van der Waals surface area contributed by atoms with Crippen LogP contribution in [-0.4, -0.2) is 111 Å². The van der Waals surface area contributed by atoms with Gasteiger partial charge >= 0.3 is 0 Å². The van der Waals surface area contributed by atoms with Crippen molar-refractivity contribution in [2.75, 3.05) is 19.8 Å². The van der Waals surface area contributed by atoms with Gasteiger partial charge in [0.1, 0.15) is 30.5 Å². The van der Waals surface area contributed by atoms with Crippen LogP contribution in [0.2, 0.25) is 0 Å². The fourth-order valence-electron chi connectivity index (χ4n) is 7.57. The van der Waals surface area contributed by atoms with Gasteiger partial charge in [0.2, 0.25) is 11.8 Å². The summed E-state index contributed by atoms with van der Waals surface area (Å²) in [7, 11) is 0. The van der Waals surface area contributed by atoms with E-state index in [4.69, 9.17) is 9.47 Å². The third-order valence-corrected chi connectivity index (χ3v) is 11.5. The van der Waals surface area contributed by atoms with Gasteiger partial charge in [-0.3, -0.25) is 9.59 Å². The van der Waals surface area contributed by atoms with Crippen LogP contribution >= 0.6 is 0 Å². The molecule has 0 aromatic carbocycles. The average Bonchev–Trinajstić information content (AvgIpc) is 3.20. The third kappa shape index (κ3) is 27.2. The molecule has 8 atom stereocenters. The lowest BCUT2D eigenvalue weighted by molar-refractivity contribution is -0.303. The molecule has 57 heavy (non-hydrogen) atoms. The summed E-state index contributed by atoms with van der Waals surface area (Å²) in [5.41, 5.74) is 0. The molecule has 12 heteroatoms. The smallest absolute Gasteiger partial charge is 0.220 e.